The first-order valence-electron chi connectivity index (χ1n) is 15.9. The number of nitrogens with one attached hydrogen (secondary N) is 1. The fourth-order valence-electron chi connectivity index (χ4n) is 5.78. The molecule has 2 aromatic carbocycles. The van der Waals surface area contributed by atoms with Gasteiger partial charge in [-0.3, -0.25) is 4.79 Å². The van der Waals surface area contributed by atoms with E-state index in [-0.39, 0.29) is 49.3 Å². The summed E-state index contributed by atoms with van der Waals surface area (Å²) in [5.41, 5.74) is 1.55. The van der Waals surface area contributed by atoms with Gasteiger partial charge in [0.1, 0.15) is 24.6 Å². The molecule has 0 saturated carbocycles. The lowest BCUT2D eigenvalue weighted by molar-refractivity contribution is -0.135. The number of hydrogen-bond donors (Lipinski definition) is 3. The predicted molar refractivity (Wildman–Crippen MR) is 177 cm³/mol. The normalized spacial score (nSPS) is 20.1. The van der Waals surface area contributed by atoms with Gasteiger partial charge >= 0.3 is 6.09 Å². The molecule has 1 aromatic heterocycles. The van der Waals surface area contributed by atoms with E-state index in [4.69, 9.17) is 23.7 Å². The number of amides is 1. The Balaban J connectivity index is 1.38. The summed E-state index contributed by atoms with van der Waals surface area (Å²) >= 11 is 1.53. The predicted octanol–water partition coefficient (Wildman–Crippen LogP) is 3.73. The fraction of sp³-hybridized carbons (Fsp3) is 0.485. The van der Waals surface area contributed by atoms with Gasteiger partial charge in [-0.2, -0.15) is 4.31 Å². The summed E-state index contributed by atoms with van der Waals surface area (Å²) in [5, 5.41) is 25.5. The van der Waals surface area contributed by atoms with Gasteiger partial charge in [-0.05, 0) is 55.5 Å². The van der Waals surface area contributed by atoms with Crippen LogP contribution in [0.4, 0.5) is 4.79 Å². The zero-order valence-corrected chi connectivity index (χ0v) is 29.0. The molecule has 0 radical (unpaired) electrons. The number of sulfonamides is 1. The topological polar surface area (TPSA) is 183 Å². The van der Waals surface area contributed by atoms with E-state index in [9.17, 15) is 28.2 Å². The van der Waals surface area contributed by atoms with Gasteiger partial charge in [-0.1, -0.05) is 26.0 Å². The molecule has 14 nitrogen and oxygen atoms in total. The molecule has 3 N–H and O–H groups in total. The third-order valence-corrected chi connectivity index (χ3v) is 10.8. The van der Waals surface area contributed by atoms with Gasteiger partial charge in [-0.25, -0.2) is 18.2 Å². The van der Waals surface area contributed by atoms with Gasteiger partial charge in [0.15, 0.2) is 17.8 Å². The van der Waals surface area contributed by atoms with Crippen LogP contribution < -0.4 is 10.1 Å². The van der Waals surface area contributed by atoms with E-state index in [0.717, 1.165) is 32.7 Å². The van der Waals surface area contributed by atoms with Crippen molar-refractivity contribution < 1.29 is 51.9 Å². The molecule has 1 amide bonds. The number of aryl methyl sites for hydroxylation is 1. The first kappa shape index (κ1) is 36.3. The highest BCUT2D eigenvalue weighted by Gasteiger charge is 2.44. The van der Waals surface area contributed by atoms with Crippen LogP contribution >= 0.6 is 11.3 Å². The highest BCUT2D eigenvalue weighted by atomic mass is 32.2. The van der Waals surface area contributed by atoms with Crippen molar-refractivity contribution in [3.05, 3.63) is 64.1 Å². The van der Waals surface area contributed by atoms with Crippen molar-refractivity contribution in [3.8, 4) is 17.2 Å². The van der Waals surface area contributed by atoms with Crippen molar-refractivity contribution in [3.63, 3.8) is 0 Å². The molecule has 2 aliphatic heterocycles. The molecular weight excluding hydrogens is 679 g/mol. The van der Waals surface area contributed by atoms with E-state index < -0.39 is 52.2 Å². The molecule has 0 unspecified atom stereocenters. The van der Waals surface area contributed by atoms with Gasteiger partial charge in [0, 0.05) is 18.0 Å². The number of aromatic nitrogens is 1. The molecule has 5 atom stereocenters. The van der Waals surface area contributed by atoms with Gasteiger partial charge < -0.3 is 39.2 Å². The summed E-state index contributed by atoms with van der Waals surface area (Å²) < 4.78 is 57.1. The lowest BCUT2D eigenvalue weighted by Gasteiger charge is -2.32. The highest BCUT2D eigenvalue weighted by Crippen LogP contribution is 2.33. The van der Waals surface area contributed by atoms with Crippen LogP contribution in [-0.2, 0) is 46.8 Å². The summed E-state index contributed by atoms with van der Waals surface area (Å²) in [4.78, 5) is 29.3. The van der Waals surface area contributed by atoms with Gasteiger partial charge in [0.2, 0.25) is 10.0 Å². The molecule has 0 spiro atoms. The number of carbonyl (C=O) groups excluding carboxylic acids is 2. The van der Waals surface area contributed by atoms with Crippen molar-refractivity contribution in [1.82, 2.24) is 14.6 Å². The SMILES string of the molecule is Cc1nc(COc2ccc(C[C@H](NC(=O)O[C@H]3CO[C@H]4OCC[C@H]43)[C@@H](CN(CC(C)C)S(=O)(=O)c3ccc(O)c(O)c3)OC=O)cc2)cs1. The number of hydrogen-bond acceptors (Lipinski definition) is 13. The van der Waals surface area contributed by atoms with Crippen LogP contribution in [0.3, 0.4) is 0 Å². The van der Waals surface area contributed by atoms with E-state index in [1.807, 2.05) is 26.2 Å². The summed E-state index contributed by atoms with van der Waals surface area (Å²) in [6.45, 7) is 6.41. The van der Waals surface area contributed by atoms with Crippen LogP contribution in [0.5, 0.6) is 17.2 Å². The standard InChI is InChI=1S/C33H41N3O11S2/c1-20(2)14-36(49(41,42)25-8-9-28(38)29(39)13-25)15-30(46-19-37)27(35-33(40)47-31-17-45-32-26(31)10-11-43-32)12-22-4-6-24(7-5-22)44-16-23-18-48-21(3)34-23/h4-9,13,18-20,26-27,30-32,38-39H,10-12,14-17H2,1-3H3,(H,35,40)/t26-,27-,30+,31-,32+/m0/s1. The summed E-state index contributed by atoms with van der Waals surface area (Å²) in [7, 11) is -4.27. The summed E-state index contributed by atoms with van der Waals surface area (Å²) in [5.74, 6) is -0.746. The first-order chi connectivity index (χ1) is 23.4. The second kappa shape index (κ2) is 16.2. The van der Waals surface area contributed by atoms with Crippen LogP contribution in [0, 0.1) is 18.8 Å². The highest BCUT2D eigenvalue weighted by molar-refractivity contribution is 7.89. The third-order valence-electron chi connectivity index (χ3n) is 8.20. The van der Waals surface area contributed by atoms with Gasteiger partial charge in [0.25, 0.3) is 6.47 Å². The van der Waals surface area contributed by atoms with E-state index in [2.05, 4.69) is 10.3 Å². The number of phenols is 2. The van der Waals surface area contributed by atoms with Crippen molar-refractivity contribution in [2.24, 2.45) is 11.8 Å². The summed E-state index contributed by atoms with van der Waals surface area (Å²) in [6.07, 6.45) is -2.13. The van der Waals surface area contributed by atoms with Crippen molar-refractivity contribution in [2.45, 2.75) is 69.7 Å². The minimum atomic E-state index is -4.27. The molecule has 266 valence electrons. The second-order valence-electron chi connectivity index (χ2n) is 12.4. The van der Waals surface area contributed by atoms with E-state index >= 15 is 0 Å². The minimum Gasteiger partial charge on any atom is -0.504 e. The molecule has 5 rings (SSSR count). The Kier molecular flexibility index (Phi) is 12.0. The van der Waals surface area contributed by atoms with Crippen molar-refractivity contribution in [1.29, 1.82) is 0 Å². The molecule has 2 saturated heterocycles. The number of carbonyl (C=O) groups is 2. The molecule has 16 heteroatoms. The average Bonchev–Trinajstić information content (AvgIpc) is 3.80. The number of phenolic OH excluding ortho intramolecular Hbond substituents is 2. The van der Waals surface area contributed by atoms with Crippen LogP contribution in [0.15, 0.2) is 52.7 Å². The number of fused-ring (bicyclic) bond motifs is 1. The monoisotopic (exact) mass is 719 g/mol. The summed E-state index contributed by atoms with van der Waals surface area (Å²) in [6, 6.07) is 9.38. The number of nitrogens with zero attached hydrogens (tertiary/aromatic N) is 2. The minimum absolute atomic E-state index is 0.0207. The molecule has 2 fully saturated rings. The zero-order chi connectivity index (χ0) is 35.1. The van der Waals surface area contributed by atoms with Crippen LogP contribution in [-0.4, -0.2) is 91.3 Å². The largest absolute Gasteiger partial charge is 0.504 e. The molecule has 0 aliphatic carbocycles. The third kappa shape index (κ3) is 9.39. The van der Waals surface area contributed by atoms with Crippen LogP contribution in [0.25, 0.3) is 0 Å². The van der Waals surface area contributed by atoms with Crippen molar-refractivity contribution >= 4 is 33.9 Å². The van der Waals surface area contributed by atoms with Crippen LogP contribution in [0.1, 0.15) is 36.5 Å². The maximum atomic E-state index is 13.8. The van der Waals surface area contributed by atoms with Crippen LogP contribution in [0.2, 0.25) is 0 Å². The van der Waals surface area contributed by atoms with Gasteiger partial charge in [-0.15, -0.1) is 11.3 Å². The first-order valence-corrected chi connectivity index (χ1v) is 18.2. The molecule has 3 heterocycles. The number of alkyl carbamates (subject to hydrolysis) is 1. The number of ether oxygens (including phenoxy) is 5. The number of thiazole rings is 1. The fourth-order valence-corrected chi connectivity index (χ4v) is 8.01. The maximum absolute atomic E-state index is 13.8. The maximum Gasteiger partial charge on any atom is 0.407 e. The Hall–Kier alpha value is -3.96. The number of benzene rings is 2. The lowest BCUT2D eigenvalue weighted by Crippen LogP contribution is -2.52. The lowest BCUT2D eigenvalue weighted by atomic mass is 10.0. The van der Waals surface area contributed by atoms with Gasteiger partial charge in [0.05, 0.1) is 47.3 Å². The number of aromatic hydroxyl groups is 2. The molecular formula is C33H41N3O11S2. The van der Waals surface area contributed by atoms with Crippen molar-refractivity contribution in [2.75, 3.05) is 26.3 Å². The zero-order valence-electron chi connectivity index (χ0n) is 27.4. The number of rotatable bonds is 16. The quantitative estimate of drug-likeness (QED) is 0.144. The molecule has 3 aromatic rings. The second-order valence-corrected chi connectivity index (χ2v) is 15.4. The molecule has 2 aliphatic rings. The average molecular weight is 720 g/mol. The van der Waals surface area contributed by atoms with E-state index in [1.165, 1.54) is 17.4 Å². The Morgan fingerprint density at radius 2 is 1.92 bits per heavy atom. The van der Waals surface area contributed by atoms with E-state index in [1.54, 1.807) is 24.3 Å². The Morgan fingerprint density at radius 1 is 1.14 bits per heavy atom. The Morgan fingerprint density at radius 3 is 2.59 bits per heavy atom. The molecule has 0 bridgehead atoms. The van der Waals surface area contributed by atoms with E-state index in [0.29, 0.717) is 25.4 Å². The Labute approximate surface area is 289 Å². The smallest absolute Gasteiger partial charge is 0.407 e. The Bertz CT molecular complexity index is 1680. The molecule has 49 heavy (non-hydrogen) atoms.